The maximum atomic E-state index is 5.69. The highest BCUT2D eigenvalue weighted by Gasteiger charge is 1.92. The van der Waals surface area contributed by atoms with E-state index in [1.807, 2.05) is 12.1 Å². The standard InChI is InChI=1S/C12H9Cl2N3/c13-11-3-1-9(7-16-11)5-15-6-10-2-4-12(14)17-8-10/h1-5,7-8H,6H2. The third-order valence-corrected chi connectivity index (χ3v) is 2.50. The lowest BCUT2D eigenvalue weighted by Gasteiger charge is -1.96. The third kappa shape index (κ3) is 3.80. The van der Waals surface area contributed by atoms with Gasteiger partial charge in [-0.05, 0) is 23.8 Å². The predicted molar refractivity (Wildman–Crippen MR) is 69.8 cm³/mol. The minimum absolute atomic E-state index is 0.476. The number of hydrogen-bond acceptors (Lipinski definition) is 3. The van der Waals surface area contributed by atoms with Crippen LogP contribution in [0, 0.1) is 0 Å². The lowest BCUT2D eigenvalue weighted by molar-refractivity contribution is 1.05. The van der Waals surface area contributed by atoms with Crippen molar-refractivity contribution in [2.45, 2.75) is 6.54 Å². The average molecular weight is 266 g/mol. The Kier molecular flexibility index (Phi) is 4.07. The molecule has 86 valence electrons. The summed E-state index contributed by atoms with van der Waals surface area (Å²) in [5, 5.41) is 0.962. The average Bonchev–Trinajstić information content (AvgIpc) is 2.34. The van der Waals surface area contributed by atoms with Crippen molar-refractivity contribution in [2.24, 2.45) is 4.99 Å². The molecular weight excluding hydrogens is 257 g/mol. The largest absolute Gasteiger partial charge is 0.288 e. The highest BCUT2D eigenvalue weighted by atomic mass is 35.5. The van der Waals surface area contributed by atoms with Gasteiger partial charge in [-0.1, -0.05) is 29.3 Å². The van der Waals surface area contributed by atoms with Crippen molar-refractivity contribution in [3.63, 3.8) is 0 Å². The summed E-state index contributed by atoms with van der Waals surface area (Å²) in [4.78, 5) is 12.2. The number of pyridine rings is 2. The molecule has 3 nitrogen and oxygen atoms in total. The van der Waals surface area contributed by atoms with E-state index >= 15 is 0 Å². The summed E-state index contributed by atoms with van der Waals surface area (Å²) in [5.41, 5.74) is 1.92. The summed E-state index contributed by atoms with van der Waals surface area (Å²) in [5.74, 6) is 0. The Balaban J connectivity index is 1.97. The van der Waals surface area contributed by atoms with Crippen LogP contribution in [0.1, 0.15) is 11.1 Å². The molecule has 0 atom stereocenters. The molecule has 0 aliphatic heterocycles. The van der Waals surface area contributed by atoms with E-state index in [2.05, 4.69) is 15.0 Å². The van der Waals surface area contributed by atoms with Crippen molar-refractivity contribution < 1.29 is 0 Å². The van der Waals surface area contributed by atoms with Crippen LogP contribution in [-0.4, -0.2) is 16.2 Å². The lowest BCUT2D eigenvalue weighted by Crippen LogP contribution is -1.87. The van der Waals surface area contributed by atoms with Gasteiger partial charge in [-0.15, -0.1) is 0 Å². The summed E-state index contributed by atoms with van der Waals surface area (Å²) < 4.78 is 0. The van der Waals surface area contributed by atoms with E-state index in [9.17, 15) is 0 Å². The number of rotatable bonds is 3. The molecule has 5 heteroatoms. The zero-order valence-corrected chi connectivity index (χ0v) is 10.4. The Bertz CT molecular complexity index is 506. The fourth-order valence-corrected chi connectivity index (χ4v) is 1.44. The van der Waals surface area contributed by atoms with Gasteiger partial charge in [0.1, 0.15) is 10.3 Å². The highest BCUT2D eigenvalue weighted by Crippen LogP contribution is 2.07. The number of aromatic nitrogens is 2. The first-order chi connectivity index (χ1) is 8.24. The molecule has 0 aliphatic carbocycles. The monoisotopic (exact) mass is 265 g/mol. The third-order valence-electron chi connectivity index (χ3n) is 2.05. The molecule has 0 bridgehead atoms. The minimum atomic E-state index is 0.476. The Morgan fingerprint density at radius 3 is 2.29 bits per heavy atom. The van der Waals surface area contributed by atoms with Gasteiger partial charge in [0.25, 0.3) is 0 Å². The molecule has 0 N–H and O–H groups in total. The molecule has 2 rings (SSSR count). The van der Waals surface area contributed by atoms with Crippen LogP contribution in [0.25, 0.3) is 0 Å². The number of nitrogens with zero attached hydrogens (tertiary/aromatic N) is 3. The molecule has 17 heavy (non-hydrogen) atoms. The van der Waals surface area contributed by atoms with Gasteiger partial charge in [0.05, 0.1) is 6.54 Å². The van der Waals surface area contributed by atoms with E-state index in [0.29, 0.717) is 16.9 Å². The lowest BCUT2D eigenvalue weighted by atomic mass is 10.3. The van der Waals surface area contributed by atoms with E-state index in [1.54, 1.807) is 30.7 Å². The summed E-state index contributed by atoms with van der Waals surface area (Å²) in [6, 6.07) is 7.23. The first-order valence-corrected chi connectivity index (χ1v) is 5.71. The van der Waals surface area contributed by atoms with Gasteiger partial charge in [0, 0.05) is 24.2 Å². The molecular formula is C12H9Cl2N3. The minimum Gasteiger partial charge on any atom is -0.288 e. The van der Waals surface area contributed by atoms with Crippen LogP contribution in [0.5, 0.6) is 0 Å². The van der Waals surface area contributed by atoms with Crippen LogP contribution >= 0.6 is 23.2 Å². The van der Waals surface area contributed by atoms with Gasteiger partial charge >= 0.3 is 0 Å². The van der Waals surface area contributed by atoms with E-state index in [-0.39, 0.29) is 0 Å². The van der Waals surface area contributed by atoms with E-state index in [4.69, 9.17) is 23.2 Å². The summed E-state index contributed by atoms with van der Waals surface area (Å²) in [7, 11) is 0. The molecule has 0 saturated carbocycles. The summed E-state index contributed by atoms with van der Waals surface area (Å²) >= 11 is 11.4. The number of hydrogen-bond donors (Lipinski definition) is 0. The maximum Gasteiger partial charge on any atom is 0.129 e. The van der Waals surface area contributed by atoms with Crippen LogP contribution < -0.4 is 0 Å². The van der Waals surface area contributed by atoms with Crippen molar-refractivity contribution in [3.8, 4) is 0 Å². The van der Waals surface area contributed by atoms with Crippen molar-refractivity contribution in [2.75, 3.05) is 0 Å². The van der Waals surface area contributed by atoms with Crippen molar-refractivity contribution in [1.82, 2.24) is 9.97 Å². The second-order valence-corrected chi connectivity index (χ2v) is 4.15. The first kappa shape index (κ1) is 12.0. The highest BCUT2D eigenvalue weighted by molar-refractivity contribution is 6.29. The van der Waals surface area contributed by atoms with Gasteiger partial charge in [-0.2, -0.15) is 0 Å². The van der Waals surface area contributed by atoms with Crippen LogP contribution in [0.15, 0.2) is 41.7 Å². The Morgan fingerprint density at radius 1 is 1.00 bits per heavy atom. The van der Waals surface area contributed by atoms with Gasteiger partial charge in [-0.25, -0.2) is 9.97 Å². The molecule has 0 aromatic carbocycles. The molecule has 2 aromatic heterocycles. The van der Waals surface area contributed by atoms with Gasteiger partial charge in [0.2, 0.25) is 0 Å². The quantitative estimate of drug-likeness (QED) is 0.630. The fraction of sp³-hybridized carbons (Fsp3) is 0.0833. The van der Waals surface area contributed by atoms with E-state index in [0.717, 1.165) is 11.1 Å². The molecule has 0 aliphatic rings. The molecule has 0 amide bonds. The Hall–Kier alpha value is -1.45. The normalized spacial score (nSPS) is 10.9. The van der Waals surface area contributed by atoms with Gasteiger partial charge < -0.3 is 0 Å². The molecule has 0 radical (unpaired) electrons. The second-order valence-electron chi connectivity index (χ2n) is 3.37. The van der Waals surface area contributed by atoms with Crippen molar-refractivity contribution >= 4 is 29.4 Å². The van der Waals surface area contributed by atoms with E-state index in [1.165, 1.54) is 0 Å². The Morgan fingerprint density at radius 2 is 1.71 bits per heavy atom. The topological polar surface area (TPSA) is 38.1 Å². The predicted octanol–water partition coefficient (Wildman–Crippen LogP) is 3.40. The van der Waals surface area contributed by atoms with Crippen molar-refractivity contribution in [1.29, 1.82) is 0 Å². The second kappa shape index (κ2) is 5.75. The molecule has 0 saturated heterocycles. The van der Waals surface area contributed by atoms with Gasteiger partial charge in [-0.3, -0.25) is 4.99 Å². The molecule has 2 aromatic rings. The van der Waals surface area contributed by atoms with Crippen LogP contribution in [-0.2, 0) is 6.54 Å². The number of aliphatic imine (C=N–C) groups is 1. The zero-order chi connectivity index (χ0) is 12.1. The van der Waals surface area contributed by atoms with Crippen molar-refractivity contribution in [3.05, 3.63) is 58.1 Å². The zero-order valence-electron chi connectivity index (χ0n) is 8.85. The summed E-state index contributed by atoms with van der Waals surface area (Å²) in [6.45, 7) is 0.562. The fourth-order valence-electron chi connectivity index (χ4n) is 1.22. The molecule has 2 heterocycles. The number of halogens is 2. The van der Waals surface area contributed by atoms with E-state index < -0.39 is 0 Å². The smallest absolute Gasteiger partial charge is 0.129 e. The Labute approximate surface area is 109 Å². The van der Waals surface area contributed by atoms with Crippen LogP contribution in [0.3, 0.4) is 0 Å². The van der Waals surface area contributed by atoms with Crippen LogP contribution in [0.4, 0.5) is 0 Å². The van der Waals surface area contributed by atoms with Crippen LogP contribution in [0.2, 0.25) is 10.3 Å². The maximum absolute atomic E-state index is 5.69. The summed E-state index contributed by atoms with van der Waals surface area (Å²) in [6.07, 6.45) is 5.13. The first-order valence-electron chi connectivity index (χ1n) is 4.96. The molecule has 0 unspecified atom stereocenters. The SMILES string of the molecule is Clc1ccc(C=NCc2ccc(Cl)nc2)cn1. The molecule has 0 fully saturated rings. The molecule has 0 spiro atoms. The van der Waals surface area contributed by atoms with Gasteiger partial charge in [0.15, 0.2) is 0 Å².